The maximum absolute atomic E-state index is 13.0. The number of nitrogens with one attached hydrogen (secondary N) is 2. The largest absolute Gasteiger partial charge is 0.350 e. The summed E-state index contributed by atoms with van der Waals surface area (Å²) in [5.41, 5.74) is 0.379. The van der Waals surface area contributed by atoms with Gasteiger partial charge in [0.15, 0.2) is 0 Å². The molecule has 2 aromatic rings. The van der Waals surface area contributed by atoms with E-state index in [0.29, 0.717) is 35.5 Å². The van der Waals surface area contributed by atoms with Gasteiger partial charge in [0.25, 0.3) is 11.5 Å². The molecule has 2 saturated carbocycles. The van der Waals surface area contributed by atoms with Crippen molar-refractivity contribution in [2.24, 2.45) is 5.92 Å². The van der Waals surface area contributed by atoms with Crippen LogP contribution in [0.1, 0.15) is 25.7 Å². The van der Waals surface area contributed by atoms with Crippen LogP contribution in [0.4, 0.5) is 0 Å². The van der Waals surface area contributed by atoms with Gasteiger partial charge < -0.3 is 0 Å². The molecule has 0 spiro atoms. The molecule has 9 nitrogen and oxygen atoms in total. The lowest BCUT2D eigenvalue weighted by Crippen LogP contribution is -2.46. The summed E-state index contributed by atoms with van der Waals surface area (Å²) >= 11 is 0. The summed E-state index contributed by atoms with van der Waals surface area (Å²) in [7, 11) is -3.91. The summed E-state index contributed by atoms with van der Waals surface area (Å²) in [6.07, 6.45) is 5.75. The highest BCUT2D eigenvalue weighted by atomic mass is 32.2. The van der Waals surface area contributed by atoms with E-state index in [2.05, 4.69) is 23.3 Å². The van der Waals surface area contributed by atoms with E-state index >= 15 is 0 Å². The van der Waals surface area contributed by atoms with Crippen LogP contribution in [0.25, 0.3) is 10.9 Å². The fourth-order valence-electron chi connectivity index (χ4n) is 3.32. The average molecular weight is 430 g/mol. The van der Waals surface area contributed by atoms with Gasteiger partial charge >= 0.3 is 5.69 Å². The Morgan fingerprint density at radius 2 is 1.93 bits per heavy atom. The minimum atomic E-state index is -3.91. The van der Waals surface area contributed by atoms with E-state index < -0.39 is 32.7 Å². The van der Waals surface area contributed by atoms with E-state index in [-0.39, 0.29) is 10.3 Å². The predicted molar refractivity (Wildman–Crippen MR) is 112 cm³/mol. The Kier molecular flexibility index (Phi) is 4.78. The lowest BCUT2D eigenvalue weighted by molar-refractivity contribution is -0.112. The maximum Gasteiger partial charge on any atom is 0.350 e. The van der Waals surface area contributed by atoms with E-state index in [1.807, 2.05) is 0 Å². The number of carbonyl (C=O) groups excluding carboxylic acids is 1. The zero-order valence-corrected chi connectivity index (χ0v) is 17.1. The zero-order chi connectivity index (χ0) is 21.7. The van der Waals surface area contributed by atoms with Crippen LogP contribution in [-0.4, -0.2) is 29.1 Å². The standard InChI is InChI=1S/C20H22N4O5S/c1-3-17(25)21-24-18(26)15-11-14(30(28,29)22-20(4-2)9-10-20)7-8-16(15)23(19(24)27)12-13-5-6-13/h3-4,7-8,11,13,22H,1-2,5-6,9-10,12H2,(H,21,25). The first-order chi connectivity index (χ1) is 14.2. The van der Waals surface area contributed by atoms with E-state index in [4.69, 9.17) is 0 Å². The lowest BCUT2D eigenvalue weighted by Gasteiger charge is -2.16. The number of fused-ring (bicyclic) bond motifs is 1. The van der Waals surface area contributed by atoms with Crippen molar-refractivity contribution in [3.8, 4) is 0 Å². The Labute approximate surface area is 172 Å². The van der Waals surface area contributed by atoms with Crippen LogP contribution in [0.5, 0.6) is 0 Å². The normalized spacial score (nSPS) is 17.5. The minimum absolute atomic E-state index is 0.0194. The van der Waals surface area contributed by atoms with E-state index in [0.717, 1.165) is 18.9 Å². The lowest BCUT2D eigenvalue weighted by atomic mass is 10.2. The fraction of sp³-hybridized carbons (Fsp3) is 0.350. The zero-order valence-electron chi connectivity index (χ0n) is 16.3. The molecule has 2 aliphatic rings. The number of benzene rings is 1. The highest BCUT2D eigenvalue weighted by Crippen LogP contribution is 2.38. The third kappa shape index (κ3) is 3.63. The van der Waals surface area contributed by atoms with Gasteiger partial charge in [-0.2, -0.15) is 4.68 Å². The first-order valence-corrected chi connectivity index (χ1v) is 11.1. The molecule has 1 heterocycles. The second-order valence-corrected chi connectivity index (χ2v) is 9.48. The van der Waals surface area contributed by atoms with Crippen molar-refractivity contribution >= 4 is 26.8 Å². The molecule has 0 atom stereocenters. The molecule has 30 heavy (non-hydrogen) atoms. The Morgan fingerprint density at radius 3 is 2.50 bits per heavy atom. The molecular formula is C20H22N4O5S. The van der Waals surface area contributed by atoms with Gasteiger partial charge in [-0.1, -0.05) is 12.7 Å². The van der Waals surface area contributed by atoms with Crippen molar-refractivity contribution < 1.29 is 13.2 Å². The molecule has 1 amide bonds. The molecule has 158 valence electrons. The third-order valence-electron chi connectivity index (χ3n) is 5.49. The van der Waals surface area contributed by atoms with Crippen molar-refractivity contribution in [2.75, 3.05) is 5.43 Å². The molecule has 10 heteroatoms. The molecule has 0 bridgehead atoms. The molecule has 1 aromatic heterocycles. The molecule has 2 N–H and O–H groups in total. The van der Waals surface area contributed by atoms with Crippen molar-refractivity contribution in [2.45, 2.75) is 42.7 Å². The minimum Gasteiger partial charge on any atom is -0.291 e. The highest BCUT2D eigenvalue weighted by molar-refractivity contribution is 7.89. The summed E-state index contributed by atoms with van der Waals surface area (Å²) in [5, 5.41) is 0.0194. The monoisotopic (exact) mass is 430 g/mol. The number of rotatable bonds is 8. The summed E-state index contributed by atoms with van der Waals surface area (Å²) in [4.78, 5) is 37.5. The predicted octanol–water partition coefficient (Wildman–Crippen LogP) is 0.826. The number of amides is 1. The van der Waals surface area contributed by atoms with Crippen LogP contribution >= 0.6 is 0 Å². The van der Waals surface area contributed by atoms with Crippen LogP contribution in [-0.2, 0) is 21.4 Å². The van der Waals surface area contributed by atoms with E-state index in [1.165, 1.54) is 22.8 Å². The Balaban J connectivity index is 1.88. The van der Waals surface area contributed by atoms with Crippen LogP contribution < -0.4 is 21.4 Å². The molecular weight excluding hydrogens is 408 g/mol. The summed E-state index contributed by atoms with van der Waals surface area (Å²) in [5.74, 6) is -0.419. The number of hydrogen-bond donors (Lipinski definition) is 2. The number of hydrogen-bond acceptors (Lipinski definition) is 5. The second-order valence-electron chi connectivity index (χ2n) is 7.80. The van der Waals surface area contributed by atoms with Crippen molar-refractivity contribution in [1.29, 1.82) is 0 Å². The SMILES string of the molecule is C=CC(=O)Nn1c(=O)c2cc(S(=O)(=O)NC3(C=C)CC3)ccc2n(CC2CC2)c1=O. The number of sulfonamides is 1. The number of nitrogens with zero attached hydrogens (tertiary/aromatic N) is 2. The molecule has 1 aromatic carbocycles. The maximum atomic E-state index is 13.0. The highest BCUT2D eigenvalue weighted by Gasteiger charge is 2.43. The fourth-order valence-corrected chi connectivity index (χ4v) is 4.78. The number of aromatic nitrogens is 2. The van der Waals surface area contributed by atoms with Gasteiger partial charge in [0.05, 0.1) is 21.3 Å². The molecule has 2 fully saturated rings. The van der Waals surface area contributed by atoms with Crippen LogP contribution in [0.3, 0.4) is 0 Å². The topological polar surface area (TPSA) is 119 Å². The summed E-state index contributed by atoms with van der Waals surface area (Å²) in [6.45, 7) is 7.37. The van der Waals surface area contributed by atoms with Gasteiger partial charge in [-0.15, -0.1) is 6.58 Å². The molecule has 0 aliphatic heterocycles. The van der Waals surface area contributed by atoms with Gasteiger partial charge in [0, 0.05) is 6.54 Å². The van der Waals surface area contributed by atoms with E-state index in [1.54, 1.807) is 6.08 Å². The van der Waals surface area contributed by atoms with Gasteiger partial charge in [-0.25, -0.2) is 17.9 Å². The molecule has 2 aliphatic carbocycles. The van der Waals surface area contributed by atoms with E-state index in [9.17, 15) is 22.8 Å². The summed E-state index contributed by atoms with van der Waals surface area (Å²) < 4.78 is 30.3. The Morgan fingerprint density at radius 1 is 1.23 bits per heavy atom. The molecule has 4 rings (SSSR count). The summed E-state index contributed by atoms with van der Waals surface area (Å²) in [6, 6.07) is 4.07. The van der Waals surface area contributed by atoms with Crippen molar-refractivity contribution in [3.05, 3.63) is 64.3 Å². The molecule has 0 saturated heterocycles. The second kappa shape index (κ2) is 7.06. The third-order valence-corrected chi connectivity index (χ3v) is 7.04. The first kappa shape index (κ1) is 20.3. The molecule has 0 radical (unpaired) electrons. The molecule has 0 unspecified atom stereocenters. The first-order valence-electron chi connectivity index (χ1n) is 9.60. The van der Waals surface area contributed by atoms with Crippen LogP contribution in [0, 0.1) is 5.92 Å². The average Bonchev–Trinajstić information content (AvgIpc) is 3.65. The van der Waals surface area contributed by atoms with Gasteiger partial charge in [0.1, 0.15) is 0 Å². The number of carbonyl (C=O) groups is 1. The van der Waals surface area contributed by atoms with Gasteiger partial charge in [-0.05, 0) is 55.9 Å². The quantitative estimate of drug-likeness (QED) is 0.475. The van der Waals surface area contributed by atoms with Crippen molar-refractivity contribution in [1.82, 2.24) is 14.0 Å². The van der Waals surface area contributed by atoms with Gasteiger partial charge in [-0.3, -0.25) is 19.6 Å². The van der Waals surface area contributed by atoms with Crippen LogP contribution in [0.15, 0.2) is 58.0 Å². The van der Waals surface area contributed by atoms with Crippen molar-refractivity contribution in [3.63, 3.8) is 0 Å². The van der Waals surface area contributed by atoms with Crippen LogP contribution in [0.2, 0.25) is 0 Å². The Bertz CT molecular complexity index is 1300. The van der Waals surface area contributed by atoms with Gasteiger partial charge in [0.2, 0.25) is 10.0 Å². The Hall–Kier alpha value is -2.98. The smallest absolute Gasteiger partial charge is 0.291 e.